The molecule has 0 radical (unpaired) electrons. The monoisotopic (exact) mass is 631 g/mol. The fraction of sp³-hybridized carbons (Fsp3) is 0.290. The highest BCUT2D eigenvalue weighted by Crippen LogP contribution is 2.38. The molecule has 0 saturated carbocycles. The molecule has 3 amide bonds. The number of halogens is 2. The summed E-state index contributed by atoms with van der Waals surface area (Å²) in [5.41, 5.74) is 1.03. The summed E-state index contributed by atoms with van der Waals surface area (Å²) in [4.78, 5) is 48.4. The van der Waals surface area contributed by atoms with E-state index >= 15 is 0 Å². The number of hydrogen-bond acceptors (Lipinski definition) is 8. The van der Waals surface area contributed by atoms with Crippen molar-refractivity contribution >= 4 is 39.8 Å². The summed E-state index contributed by atoms with van der Waals surface area (Å²) < 4.78 is 34.9. The number of amides is 3. The summed E-state index contributed by atoms with van der Waals surface area (Å²) in [6, 6.07) is 12.0. The van der Waals surface area contributed by atoms with Gasteiger partial charge in [-0.2, -0.15) is 19.0 Å². The van der Waals surface area contributed by atoms with Crippen molar-refractivity contribution in [3.8, 4) is 17.0 Å². The Hall–Kier alpha value is -5.44. The number of piperazine rings is 1. The Labute approximate surface area is 261 Å². The number of alkyl halides is 2. The van der Waals surface area contributed by atoms with Gasteiger partial charge in [-0.1, -0.05) is 24.3 Å². The molecular formula is C31H31F2N9O4. The van der Waals surface area contributed by atoms with Crippen LogP contribution in [0.1, 0.15) is 10.4 Å². The first-order chi connectivity index (χ1) is 22.2. The van der Waals surface area contributed by atoms with Crippen LogP contribution in [0, 0.1) is 0 Å². The third kappa shape index (κ3) is 6.49. The van der Waals surface area contributed by atoms with Crippen LogP contribution in [0.3, 0.4) is 0 Å². The van der Waals surface area contributed by atoms with E-state index < -0.39 is 12.5 Å². The minimum atomic E-state index is -3.11. The van der Waals surface area contributed by atoms with Gasteiger partial charge in [0.2, 0.25) is 11.8 Å². The number of ether oxygens (including phenoxy) is 1. The molecule has 13 nitrogen and oxygen atoms in total. The number of benzene rings is 2. The first-order valence-electron chi connectivity index (χ1n) is 14.5. The fourth-order valence-electron chi connectivity index (χ4n) is 5.29. The lowest BCUT2D eigenvalue weighted by Crippen LogP contribution is -2.51. The van der Waals surface area contributed by atoms with Crippen molar-refractivity contribution < 1.29 is 27.9 Å². The van der Waals surface area contributed by atoms with E-state index in [1.807, 2.05) is 17.0 Å². The first kappa shape index (κ1) is 30.6. The van der Waals surface area contributed by atoms with Crippen LogP contribution in [-0.2, 0) is 16.1 Å². The molecule has 0 unspecified atom stereocenters. The molecule has 1 N–H and O–H groups in total. The maximum atomic E-state index is 13.6. The molecule has 0 spiro atoms. The third-order valence-corrected chi connectivity index (χ3v) is 7.73. The molecular weight excluding hydrogens is 600 g/mol. The van der Waals surface area contributed by atoms with Gasteiger partial charge in [0.1, 0.15) is 23.6 Å². The van der Waals surface area contributed by atoms with E-state index in [1.165, 1.54) is 38.8 Å². The smallest absolute Gasteiger partial charge is 0.387 e. The SMILES string of the molecule is CN(C)C(=O)CN1CCN(C(=O)Cn2cc(NC(=O)c3cnn4cccnc34)c(-c3cc4ccccc4cc3OC(F)F)n2)CC1. The fourth-order valence-corrected chi connectivity index (χ4v) is 5.29. The average Bonchev–Trinajstić information content (AvgIpc) is 3.64. The van der Waals surface area contributed by atoms with Crippen LogP contribution in [0.4, 0.5) is 14.5 Å². The lowest BCUT2D eigenvalue weighted by atomic mass is 10.0. The van der Waals surface area contributed by atoms with Gasteiger partial charge < -0.3 is 19.9 Å². The normalized spacial score (nSPS) is 13.8. The quantitative estimate of drug-likeness (QED) is 0.263. The minimum absolute atomic E-state index is 0.0118. The topological polar surface area (TPSA) is 130 Å². The molecule has 1 aliphatic heterocycles. The Morgan fingerprint density at radius 1 is 1.02 bits per heavy atom. The van der Waals surface area contributed by atoms with Gasteiger partial charge in [-0.05, 0) is 29.0 Å². The molecule has 15 heteroatoms. The number of fused-ring (bicyclic) bond motifs is 2. The van der Waals surface area contributed by atoms with Crippen molar-refractivity contribution in [2.45, 2.75) is 13.2 Å². The second-order valence-electron chi connectivity index (χ2n) is 11.0. The van der Waals surface area contributed by atoms with Crippen molar-refractivity contribution in [3.63, 3.8) is 0 Å². The maximum absolute atomic E-state index is 13.6. The van der Waals surface area contributed by atoms with Crippen molar-refractivity contribution in [3.05, 3.63) is 72.8 Å². The lowest BCUT2D eigenvalue weighted by molar-refractivity contribution is -0.134. The van der Waals surface area contributed by atoms with Gasteiger partial charge in [-0.25, -0.2) is 9.50 Å². The number of carbonyl (C=O) groups excluding carboxylic acids is 3. The molecule has 238 valence electrons. The van der Waals surface area contributed by atoms with Crippen LogP contribution in [0.25, 0.3) is 27.7 Å². The highest BCUT2D eigenvalue weighted by atomic mass is 19.3. The Morgan fingerprint density at radius 3 is 2.48 bits per heavy atom. The number of likely N-dealkylation sites (N-methyl/N-ethyl adjacent to an activating group) is 1. The summed E-state index contributed by atoms with van der Waals surface area (Å²) >= 11 is 0. The second-order valence-corrected chi connectivity index (χ2v) is 11.0. The number of anilines is 1. The molecule has 2 aromatic carbocycles. The Bertz CT molecular complexity index is 1910. The summed E-state index contributed by atoms with van der Waals surface area (Å²) in [6.45, 7) is -1.08. The van der Waals surface area contributed by atoms with Gasteiger partial charge in [0.05, 0.1) is 18.4 Å². The van der Waals surface area contributed by atoms with Gasteiger partial charge in [-0.3, -0.25) is 24.0 Å². The summed E-state index contributed by atoms with van der Waals surface area (Å²) in [6.07, 6.45) is 6.04. The average molecular weight is 632 g/mol. The summed E-state index contributed by atoms with van der Waals surface area (Å²) in [5, 5.41) is 13.0. The Kier molecular flexibility index (Phi) is 8.57. The zero-order valence-corrected chi connectivity index (χ0v) is 25.1. The number of rotatable bonds is 9. The van der Waals surface area contributed by atoms with Crippen molar-refractivity contribution in [1.29, 1.82) is 0 Å². The lowest BCUT2D eigenvalue weighted by Gasteiger charge is -2.34. The standard InChI is InChI=1S/C31H31F2N9O4/c1-38(2)26(43)18-39-10-12-40(13-11-39)27(44)19-41-17-24(36-30(45)23-16-35-42-9-5-8-34-29(23)42)28(37-41)22-14-20-6-3-4-7-21(20)15-25(22)46-31(32)33/h3-9,14-17,31H,10-13,18-19H2,1-2H3,(H,36,45). The van der Waals surface area contributed by atoms with Crippen molar-refractivity contribution in [2.75, 3.05) is 52.1 Å². The molecule has 1 saturated heterocycles. The van der Waals surface area contributed by atoms with E-state index in [9.17, 15) is 23.2 Å². The number of carbonyl (C=O) groups is 3. The molecule has 3 aromatic heterocycles. The van der Waals surface area contributed by atoms with Gasteiger partial charge >= 0.3 is 6.61 Å². The number of nitrogens with one attached hydrogen (secondary N) is 1. The van der Waals surface area contributed by atoms with Crippen LogP contribution in [0.15, 0.2) is 67.3 Å². The predicted molar refractivity (Wildman–Crippen MR) is 164 cm³/mol. The van der Waals surface area contributed by atoms with E-state index in [0.29, 0.717) is 37.2 Å². The molecule has 46 heavy (non-hydrogen) atoms. The molecule has 4 heterocycles. The van der Waals surface area contributed by atoms with Crippen LogP contribution in [0.2, 0.25) is 0 Å². The zero-order valence-electron chi connectivity index (χ0n) is 25.1. The highest BCUT2D eigenvalue weighted by Gasteiger charge is 2.26. The number of hydrogen-bond donors (Lipinski definition) is 1. The molecule has 6 rings (SSSR count). The minimum Gasteiger partial charge on any atom is -0.434 e. The van der Waals surface area contributed by atoms with E-state index in [-0.39, 0.29) is 53.2 Å². The molecule has 0 atom stereocenters. The first-order valence-corrected chi connectivity index (χ1v) is 14.5. The van der Waals surface area contributed by atoms with Gasteiger partial charge in [0, 0.05) is 64.4 Å². The molecule has 0 aliphatic carbocycles. The van der Waals surface area contributed by atoms with Gasteiger partial charge in [-0.15, -0.1) is 0 Å². The van der Waals surface area contributed by atoms with Crippen LogP contribution in [-0.4, -0.2) is 110 Å². The molecule has 0 bridgehead atoms. The van der Waals surface area contributed by atoms with Gasteiger partial charge in [0.25, 0.3) is 5.91 Å². The summed E-state index contributed by atoms with van der Waals surface area (Å²) in [5.74, 6) is -0.926. The second kappa shape index (κ2) is 12.9. The largest absolute Gasteiger partial charge is 0.434 e. The molecule has 5 aromatic rings. The van der Waals surface area contributed by atoms with E-state index in [1.54, 1.807) is 49.5 Å². The zero-order chi connectivity index (χ0) is 32.4. The number of aromatic nitrogens is 5. The molecule has 1 fully saturated rings. The summed E-state index contributed by atoms with van der Waals surface area (Å²) in [7, 11) is 3.40. The Balaban J connectivity index is 1.31. The van der Waals surface area contributed by atoms with Crippen LogP contribution in [0.5, 0.6) is 5.75 Å². The van der Waals surface area contributed by atoms with E-state index in [4.69, 9.17) is 4.74 Å². The predicted octanol–water partition coefficient (Wildman–Crippen LogP) is 2.83. The molecule has 1 aliphatic rings. The van der Waals surface area contributed by atoms with Crippen molar-refractivity contribution in [1.82, 2.24) is 39.1 Å². The maximum Gasteiger partial charge on any atom is 0.387 e. The van der Waals surface area contributed by atoms with Crippen LogP contribution >= 0.6 is 0 Å². The van der Waals surface area contributed by atoms with Crippen LogP contribution < -0.4 is 10.1 Å². The van der Waals surface area contributed by atoms with Gasteiger partial charge in [0.15, 0.2) is 5.65 Å². The van der Waals surface area contributed by atoms with E-state index in [2.05, 4.69) is 20.5 Å². The van der Waals surface area contributed by atoms with E-state index in [0.717, 1.165) is 5.39 Å². The highest BCUT2D eigenvalue weighted by molar-refractivity contribution is 6.09. The third-order valence-electron chi connectivity index (χ3n) is 7.73. The Morgan fingerprint density at radius 2 is 1.76 bits per heavy atom. The van der Waals surface area contributed by atoms with Crippen molar-refractivity contribution in [2.24, 2.45) is 0 Å². The number of nitrogens with zero attached hydrogens (tertiary/aromatic N) is 8.